The first-order chi connectivity index (χ1) is 32.7. The predicted molar refractivity (Wildman–Crippen MR) is 250 cm³/mol. The summed E-state index contributed by atoms with van der Waals surface area (Å²) >= 11 is 9.53. The summed E-state index contributed by atoms with van der Waals surface area (Å²) < 4.78 is 39.3. The summed E-state index contributed by atoms with van der Waals surface area (Å²) in [5.74, 6) is -7.51. The molecule has 4 aromatic carbocycles. The van der Waals surface area contributed by atoms with Gasteiger partial charge in [-0.25, -0.2) is 4.79 Å². The Balaban J connectivity index is 0.000000312. The van der Waals surface area contributed by atoms with E-state index in [-0.39, 0.29) is 10.7 Å². The van der Waals surface area contributed by atoms with Crippen molar-refractivity contribution in [1.82, 2.24) is 19.8 Å². The SMILES string of the molecule is ClCCl.Cn1c(=O)c(C(=O)NCC(=O)O)c(O)c2ccc(-c3cccc(C#N)c3)cc21.Cn1c(=O)c(C(=O)NCC(=O)OC(C)(C)C)c(O)c2ccc(-c3cccc(C#N)c3)cc21.O=C(O)C(F)(F)F. The molecule has 0 spiro atoms. The highest BCUT2D eigenvalue weighted by Gasteiger charge is 2.38. The molecule has 6 N–H and O–H groups in total. The van der Waals surface area contributed by atoms with Crippen molar-refractivity contribution in [2.45, 2.75) is 32.5 Å². The van der Waals surface area contributed by atoms with E-state index in [1.807, 2.05) is 12.1 Å². The van der Waals surface area contributed by atoms with E-state index in [2.05, 4.69) is 22.8 Å². The van der Waals surface area contributed by atoms with Crippen LogP contribution in [0.4, 0.5) is 13.2 Å². The zero-order chi connectivity index (χ0) is 52.8. The summed E-state index contributed by atoms with van der Waals surface area (Å²) in [4.78, 5) is 81.6. The molecule has 6 aromatic rings. The number of carboxylic acids is 2. The first-order valence-electron chi connectivity index (χ1n) is 19.9. The van der Waals surface area contributed by atoms with E-state index in [1.54, 1.807) is 93.6 Å². The Kier molecular flexibility index (Phi) is 19.2. The minimum Gasteiger partial charge on any atom is -0.506 e. The molecular formula is C47H41Cl2F3N6O12. The molecule has 0 fully saturated rings. The Morgan fingerprint density at radius 2 is 1.01 bits per heavy atom. The van der Waals surface area contributed by atoms with Gasteiger partial charge in [0.2, 0.25) is 0 Å². The van der Waals surface area contributed by atoms with Crippen LogP contribution in [0.2, 0.25) is 0 Å². The number of alkyl halides is 5. The number of nitriles is 2. The number of pyridine rings is 2. The van der Waals surface area contributed by atoms with Crippen LogP contribution in [0.5, 0.6) is 11.5 Å². The number of hydrogen-bond acceptors (Lipinski definition) is 12. The molecule has 0 bridgehead atoms. The Morgan fingerprint density at radius 3 is 1.34 bits per heavy atom. The van der Waals surface area contributed by atoms with E-state index >= 15 is 0 Å². The molecule has 2 amide bonds. The summed E-state index contributed by atoms with van der Waals surface area (Å²) in [5, 5.41) is 60.3. The second-order valence-electron chi connectivity index (χ2n) is 15.3. The molecule has 366 valence electrons. The lowest BCUT2D eigenvalue weighted by atomic mass is 10.0. The maximum absolute atomic E-state index is 12.8. The zero-order valence-corrected chi connectivity index (χ0v) is 38.9. The number of aliphatic carboxylic acids is 2. The Bertz CT molecular complexity index is 3210. The number of fused-ring (bicyclic) bond motifs is 2. The number of esters is 1. The number of carbonyl (C=O) groups is 5. The molecule has 0 radical (unpaired) electrons. The van der Waals surface area contributed by atoms with Crippen LogP contribution < -0.4 is 21.8 Å². The number of nitrogens with one attached hydrogen (secondary N) is 2. The van der Waals surface area contributed by atoms with Gasteiger partial charge >= 0.3 is 24.1 Å². The van der Waals surface area contributed by atoms with Gasteiger partial charge in [-0.3, -0.25) is 28.8 Å². The van der Waals surface area contributed by atoms with Gasteiger partial charge in [-0.1, -0.05) is 36.4 Å². The zero-order valence-electron chi connectivity index (χ0n) is 37.4. The minimum absolute atomic E-state index is 0.194. The molecule has 0 aliphatic carbocycles. The second kappa shape index (κ2) is 24.1. The lowest BCUT2D eigenvalue weighted by Crippen LogP contribution is -2.37. The average molecular weight is 1010 g/mol. The monoisotopic (exact) mass is 1010 g/mol. The molecule has 2 heterocycles. The quantitative estimate of drug-likeness (QED) is 0.0701. The van der Waals surface area contributed by atoms with E-state index in [0.717, 1.165) is 22.3 Å². The van der Waals surface area contributed by atoms with Crippen molar-refractivity contribution in [2.24, 2.45) is 14.1 Å². The Hall–Kier alpha value is -8.40. The molecule has 0 saturated carbocycles. The lowest BCUT2D eigenvalue weighted by Gasteiger charge is -2.19. The molecule has 0 aliphatic heterocycles. The van der Waals surface area contributed by atoms with Crippen molar-refractivity contribution in [3.8, 4) is 45.9 Å². The van der Waals surface area contributed by atoms with Gasteiger partial charge in [-0.2, -0.15) is 23.7 Å². The Labute approximate surface area is 404 Å². The number of aromatic hydroxyl groups is 2. The van der Waals surface area contributed by atoms with Crippen molar-refractivity contribution >= 4 is 74.7 Å². The smallest absolute Gasteiger partial charge is 0.490 e. The highest BCUT2D eigenvalue weighted by molar-refractivity contribution is 6.40. The van der Waals surface area contributed by atoms with Gasteiger partial charge in [0.25, 0.3) is 22.9 Å². The summed E-state index contributed by atoms with van der Waals surface area (Å²) in [6.07, 6.45) is -5.08. The summed E-state index contributed by atoms with van der Waals surface area (Å²) in [6.45, 7) is 3.98. The third-order valence-electron chi connectivity index (χ3n) is 9.30. The molecule has 2 aromatic heterocycles. The summed E-state index contributed by atoms with van der Waals surface area (Å²) in [6, 6.07) is 28.0. The van der Waals surface area contributed by atoms with Gasteiger partial charge in [0, 0.05) is 24.9 Å². The van der Waals surface area contributed by atoms with E-state index in [9.17, 15) is 52.2 Å². The van der Waals surface area contributed by atoms with Crippen molar-refractivity contribution in [1.29, 1.82) is 10.5 Å². The largest absolute Gasteiger partial charge is 0.506 e. The van der Waals surface area contributed by atoms with Crippen molar-refractivity contribution in [2.75, 3.05) is 18.4 Å². The number of rotatable bonds is 8. The first kappa shape index (κ1) is 55.9. The molecule has 0 saturated heterocycles. The topological polar surface area (TPSA) is 291 Å². The molecule has 0 aliphatic rings. The van der Waals surface area contributed by atoms with Gasteiger partial charge in [-0.05, 0) is 91.6 Å². The molecular weight excluding hydrogens is 968 g/mol. The first-order valence-corrected chi connectivity index (χ1v) is 20.9. The lowest BCUT2D eigenvalue weighted by molar-refractivity contribution is -0.192. The fraction of sp³-hybridized carbons (Fsp3) is 0.213. The van der Waals surface area contributed by atoms with Gasteiger partial charge in [0.15, 0.2) is 0 Å². The van der Waals surface area contributed by atoms with E-state index in [0.29, 0.717) is 27.5 Å². The number of aryl methyl sites for hydroxylation is 2. The van der Waals surface area contributed by atoms with Gasteiger partial charge < -0.3 is 44.9 Å². The normalized spacial score (nSPS) is 10.6. The van der Waals surface area contributed by atoms with Crippen LogP contribution in [0, 0.1) is 22.7 Å². The number of amides is 2. The summed E-state index contributed by atoms with van der Waals surface area (Å²) in [7, 11) is 2.94. The average Bonchev–Trinajstić information content (AvgIpc) is 3.30. The number of nitrogens with zero attached hydrogens (tertiary/aromatic N) is 4. The standard InChI is InChI=1S/C24H23N3O5.C20H15N3O5.C2HF3O2.CH2Cl2/c1-24(2,3)32-19(28)13-26-22(30)20-21(29)17-9-8-16(11-18(17)27(4)23(20)31)15-7-5-6-14(10-15)12-25;1-23-15-8-13(12-4-2-3-11(7-12)9-21)5-6-14(15)18(26)17(20(23)28)19(27)22-10-16(24)25;3-2(4,5)1(6)7;2-1-3/h5-11,29H,13H2,1-4H3,(H,26,30);2-8,26H,10H2,1H3,(H,22,27)(H,24,25);(H,6,7);1H2. The molecule has 0 unspecified atom stereocenters. The van der Waals surface area contributed by atoms with Gasteiger partial charge in [0.1, 0.15) is 41.3 Å². The molecule has 0 atom stereocenters. The van der Waals surface area contributed by atoms with Crippen LogP contribution in [0.3, 0.4) is 0 Å². The third-order valence-corrected chi connectivity index (χ3v) is 9.30. The van der Waals surface area contributed by atoms with Crippen LogP contribution in [0.15, 0.2) is 94.5 Å². The maximum Gasteiger partial charge on any atom is 0.490 e. The van der Waals surface area contributed by atoms with Crippen molar-refractivity contribution in [3.63, 3.8) is 0 Å². The van der Waals surface area contributed by atoms with Crippen LogP contribution in [0.25, 0.3) is 44.1 Å². The Morgan fingerprint density at radius 1 is 0.657 bits per heavy atom. The second-order valence-corrected chi connectivity index (χ2v) is 16.1. The molecule has 70 heavy (non-hydrogen) atoms. The highest BCUT2D eigenvalue weighted by atomic mass is 35.5. The number of aromatic nitrogens is 2. The predicted octanol–water partition coefficient (Wildman–Crippen LogP) is 6.51. The van der Waals surface area contributed by atoms with Gasteiger partial charge in [-0.15, -0.1) is 23.2 Å². The van der Waals surface area contributed by atoms with E-state index in [4.69, 9.17) is 53.5 Å². The number of benzene rings is 4. The number of hydrogen-bond donors (Lipinski definition) is 6. The number of carboxylic acid groups (broad SMARTS) is 2. The van der Waals surface area contributed by atoms with Crippen LogP contribution in [-0.4, -0.2) is 89.5 Å². The number of ether oxygens (including phenoxy) is 1. The number of halogens is 5. The summed E-state index contributed by atoms with van der Waals surface area (Å²) in [5.41, 5.74) is 1.63. The van der Waals surface area contributed by atoms with Crippen LogP contribution >= 0.6 is 23.2 Å². The highest BCUT2D eigenvalue weighted by Crippen LogP contribution is 2.32. The molecule has 6 rings (SSSR count). The molecule has 18 nitrogen and oxygen atoms in total. The fourth-order valence-corrected chi connectivity index (χ4v) is 6.21. The third kappa shape index (κ3) is 14.6. The van der Waals surface area contributed by atoms with Crippen molar-refractivity contribution < 1.29 is 62.3 Å². The van der Waals surface area contributed by atoms with Crippen LogP contribution in [0.1, 0.15) is 52.6 Å². The van der Waals surface area contributed by atoms with E-state index in [1.165, 1.54) is 23.2 Å². The van der Waals surface area contributed by atoms with Crippen molar-refractivity contribution in [3.05, 3.63) is 128 Å². The minimum atomic E-state index is -5.08. The fourth-order valence-electron chi connectivity index (χ4n) is 6.21. The maximum atomic E-state index is 12.8. The van der Waals surface area contributed by atoms with E-state index < -0.39 is 88.3 Å². The number of carbonyl (C=O) groups excluding carboxylic acids is 3. The van der Waals surface area contributed by atoms with Gasteiger partial charge in [0.05, 0.1) is 39.6 Å². The van der Waals surface area contributed by atoms with Crippen LogP contribution in [-0.2, 0) is 33.2 Å². The molecule has 23 heteroatoms.